The van der Waals surface area contributed by atoms with Gasteiger partial charge < -0.3 is 11.1 Å². The summed E-state index contributed by atoms with van der Waals surface area (Å²) >= 11 is 0. The molecule has 5 nitrogen and oxygen atoms in total. The standard InChI is InChI=1S/C3H3B2N3O2/c4-2(6)1(3(5)7)8(9)10/h6H,7H2/b3-1+,6-2?. The SMILES string of the molecule is [B]C(=N)/C(=C(/[B])N)[N+](=O)[O-]. The lowest BCUT2D eigenvalue weighted by atomic mass is 9.91. The molecule has 3 N–H and O–H groups in total. The quantitative estimate of drug-likeness (QED) is 0.213. The Morgan fingerprint density at radius 2 is 2.00 bits per heavy atom. The Kier molecular flexibility index (Phi) is 2.66. The predicted octanol–water partition coefficient (Wildman–Crippen LogP) is -1.29. The summed E-state index contributed by atoms with van der Waals surface area (Å²) in [5.41, 5.74) is 2.78. The van der Waals surface area contributed by atoms with Gasteiger partial charge in [-0.25, -0.2) is 0 Å². The lowest BCUT2D eigenvalue weighted by Crippen LogP contribution is -2.17. The van der Waals surface area contributed by atoms with Crippen molar-refractivity contribution in [3.8, 4) is 0 Å². The number of nitrogens with two attached hydrogens (primary N) is 1. The van der Waals surface area contributed by atoms with Crippen LogP contribution in [0.1, 0.15) is 0 Å². The molecule has 0 saturated carbocycles. The number of nitrogens with zero attached hydrogens (tertiary/aromatic N) is 1. The number of nitro groups is 1. The summed E-state index contributed by atoms with van der Waals surface area (Å²) in [6, 6.07) is 0. The molecule has 0 heterocycles. The second-order valence-corrected chi connectivity index (χ2v) is 1.47. The van der Waals surface area contributed by atoms with E-state index in [1.54, 1.807) is 0 Å². The van der Waals surface area contributed by atoms with Crippen LogP contribution < -0.4 is 5.73 Å². The first kappa shape index (κ1) is 8.74. The van der Waals surface area contributed by atoms with E-state index in [0.717, 1.165) is 0 Å². The van der Waals surface area contributed by atoms with Gasteiger partial charge in [0, 0.05) is 5.60 Å². The van der Waals surface area contributed by atoms with Gasteiger partial charge in [0.15, 0.2) is 7.85 Å². The molecule has 0 rings (SSSR count). The van der Waals surface area contributed by atoms with Crippen molar-refractivity contribution in [3.63, 3.8) is 0 Å². The highest BCUT2D eigenvalue weighted by molar-refractivity contribution is 6.63. The molecule has 0 aliphatic rings. The van der Waals surface area contributed by atoms with Gasteiger partial charge in [0.1, 0.15) is 7.85 Å². The van der Waals surface area contributed by atoms with E-state index in [9.17, 15) is 10.1 Å². The summed E-state index contributed by atoms with van der Waals surface area (Å²) in [5.74, 6) is 0. The maximum atomic E-state index is 9.95. The minimum atomic E-state index is -0.905. The second-order valence-electron chi connectivity index (χ2n) is 1.47. The number of nitrogens with one attached hydrogen (secondary N) is 1. The molecule has 0 aromatic rings. The van der Waals surface area contributed by atoms with Gasteiger partial charge in [-0.15, -0.1) is 0 Å². The van der Waals surface area contributed by atoms with E-state index in [0.29, 0.717) is 0 Å². The van der Waals surface area contributed by atoms with Gasteiger partial charge in [-0.1, -0.05) is 0 Å². The summed E-state index contributed by atoms with van der Waals surface area (Å²) in [6.07, 6.45) is 0. The average molecular weight is 135 g/mol. The molecule has 0 aromatic heterocycles. The van der Waals surface area contributed by atoms with E-state index in [1.807, 2.05) is 0 Å². The van der Waals surface area contributed by atoms with Crippen LogP contribution in [0.3, 0.4) is 0 Å². The average Bonchev–Trinajstić information content (AvgIpc) is 1.59. The fraction of sp³-hybridized carbons (Fsp3) is 0. The zero-order chi connectivity index (χ0) is 8.31. The Hall–Kier alpha value is -1.26. The Morgan fingerprint density at radius 1 is 1.60 bits per heavy atom. The molecule has 0 aromatic carbocycles. The van der Waals surface area contributed by atoms with Crippen LogP contribution in [0.5, 0.6) is 0 Å². The lowest BCUT2D eigenvalue weighted by Gasteiger charge is -1.96. The van der Waals surface area contributed by atoms with Crippen LogP contribution >= 0.6 is 0 Å². The van der Waals surface area contributed by atoms with Crippen molar-refractivity contribution in [1.82, 2.24) is 0 Å². The largest absolute Gasteiger partial charge is 0.405 e. The summed E-state index contributed by atoms with van der Waals surface area (Å²) in [7, 11) is 9.60. The number of hydrogen-bond acceptors (Lipinski definition) is 4. The van der Waals surface area contributed by atoms with Crippen LogP contribution in [-0.4, -0.2) is 26.2 Å². The van der Waals surface area contributed by atoms with Gasteiger partial charge in [0.05, 0.1) is 10.5 Å². The third-order valence-electron chi connectivity index (χ3n) is 0.711. The smallest absolute Gasteiger partial charge is 0.286 e. The number of allylic oxidation sites excluding steroid dienone is 1. The monoisotopic (exact) mass is 135 g/mol. The van der Waals surface area contributed by atoms with Crippen molar-refractivity contribution in [2.24, 2.45) is 5.73 Å². The first-order chi connectivity index (χ1) is 4.46. The molecule has 0 aliphatic carbocycles. The maximum Gasteiger partial charge on any atom is 0.286 e. The molecule has 0 unspecified atom stereocenters. The molecule has 0 amide bonds. The summed E-state index contributed by atoms with van der Waals surface area (Å²) < 4.78 is 0. The van der Waals surface area contributed by atoms with Crippen LogP contribution in [-0.2, 0) is 0 Å². The van der Waals surface area contributed by atoms with Crippen LogP contribution in [0.15, 0.2) is 11.3 Å². The fourth-order valence-electron chi connectivity index (χ4n) is 0.359. The van der Waals surface area contributed by atoms with Crippen LogP contribution in [0, 0.1) is 15.5 Å². The Morgan fingerprint density at radius 3 is 2.00 bits per heavy atom. The van der Waals surface area contributed by atoms with Gasteiger partial charge in [0.25, 0.3) is 5.70 Å². The first-order valence-electron chi connectivity index (χ1n) is 2.20. The molecule has 7 heteroatoms. The van der Waals surface area contributed by atoms with Gasteiger partial charge in [-0.2, -0.15) is 0 Å². The van der Waals surface area contributed by atoms with E-state index in [-0.39, 0.29) is 0 Å². The van der Waals surface area contributed by atoms with E-state index in [4.69, 9.17) is 26.8 Å². The highest BCUT2D eigenvalue weighted by atomic mass is 16.6. The Bertz CT molecular complexity index is 192. The third-order valence-corrected chi connectivity index (χ3v) is 0.711. The van der Waals surface area contributed by atoms with Crippen molar-refractivity contribution < 1.29 is 4.92 Å². The van der Waals surface area contributed by atoms with E-state index in [2.05, 4.69) is 0 Å². The van der Waals surface area contributed by atoms with Crippen molar-refractivity contribution in [3.05, 3.63) is 21.4 Å². The molecular formula is C3H3B2N3O2. The van der Waals surface area contributed by atoms with Crippen LogP contribution in [0.25, 0.3) is 0 Å². The molecule has 0 fully saturated rings. The van der Waals surface area contributed by atoms with Gasteiger partial charge >= 0.3 is 0 Å². The Labute approximate surface area is 59.8 Å². The van der Waals surface area contributed by atoms with Crippen molar-refractivity contribution in [2.75, 3.05) is 0 Å². The minimum absolute atomic E-state index is 0.558. The van der Waals surface area contributed by atoms with Crippen LogP contribution in [0.2, 0.25) is 0 Å². The third kappa shape index (κ3) is 1.93. The zero-order valence-electron chi connectivity index (χ0n) is 5.00. The van der Waals surface area contributed by atoms with Gasteiger partial charge in [0.2, 0.25) is 0 Å². The molecule has 48 valence electrons. The molecule has 0 spiro atoms. The molecule has 0 saturated heterocycles. The summed E-state index contributed by atoms with van der Waals surface area (Å²) in [6.45, 7) is 0. The van der Waals surface area contributed by atoms with E-state index in [1.165, 1.54) is 0 Å². The van der Waals surface area contributed by atoms with E-state index < -0.39 is 21.8 Å². The fourth-order valence-corrected chi connectivity index (χ4v) is 0.359. The molecule has 0 aliphatic heterocycles. The minimum Gasteiger partial charge on any atom is -0.405 e. The zero-order valence-corrected chi connectivity index (χ0v) is 5.00. The molecule has 4 radical (unpaired) electrons. The highest BCUT2D eigenvalue weighted by Gasteiger charge is 2.13. The van der Waals surface area contributed by atoms with E-state index >= 15 is 0 Å². The molecule has 0 atom stereocenters. The van der Waals surface area contributed by atoms with Crippen molar-refractivity contribution >= 4 is 21.3 Å². The van der Waals surface area contributed by atoms with Gasteiger partial charge in [-0.3, -0.25) is 10.1 Å². The van der Waals surface area contributed by atoms with Gasteiger partial charge in [-0.05, 0) is 0 Å². The number of hydrogen-bond donors (Lipinski definition) is 2. The topological polar surface area (TPSA) is 93.0 Å². The maximum absolute atomic E-state index is 9.95. The highest BCUT2D eigenvalue weighted by Crippen LogP contribution is 1.96. The Balaban J connectivity index is 4.79. The first-order valence-corrected chi connectivity index (χ1v) is 2.20. The second kappa shape index (κ2) is 3.05. The molecular weight excluding hydrogens is 132 g/mol. The van der Waals surface area contributed by atoms with Crippen molar-refractivity contribution in [2.45, 2.75) is 0 Å². The summed E-state index contributed by atoms with van der Waals surface area (Å²) in [4.78, 5) is 9.04. The predicted molar refractivity (Wildman–Crippen MR) is 37.4 cm³/mol. The van der Waals surface area contributed by atoms with Crippen LogP contribution in [0.4, 0.5) is 0 Å². The summed E-state index contributed by atoms with van der Waals surface area (Å²) in [5, 5.41) is 16.6. The number of rotatable bonds is 2. The lowest BCUT2D eigenvalue weighted by molar-refractivity contribution is -0.415. The molecule has 10 heavy (non-hydrogen) atoms. The molecule has 0 bridgehead atoms. The normalized spacial score (nSPS) is 12.0. The van der Waals surface area contributed by atoms with Crippen molar-refractivity contribution in [1.29, 1.82) is 5.41 Å².